The van der Waals surface area contributed by atoms with E-state index in [1.807, 2.05) is 4.90 Å². The average molecular weight is 284 g/mol. The summed E-state index contributed by atoms with van der Waals surface area (Å²) in [6, 6.07) is 3.21. The number of carbonyl (C=O) groups is 1. The number of anilines is 2. The van der Waals surface area contributed by atoms with Gasteiger partial charge in [0.25, 0.3) is 5.91 Å². The fourth-order valence-electron chi connectivity index (χ4n) is 2.30. The van der Waals surface area contributed by atoms with E-state index in [1.54, 1.807) is 12.1 Å². The van der Waals surface area contributed by atoms with Crippen molar-refractivity contribution in [1.29, 1.82) is 0 Å². The van der Waals surface area contributed by atoms with Crippen molar-refractivity contribution in [2.45, 2.75) is 19.4 Å². The fourth-order valence-corrected chi connectivity index (χ4v) is 2.65. The minimum atomic E-state index is -0.524. The van der Waals surface area contributed by atoms with Crippen molar-refractivity contribution in [3.05, 3.63) is 22.7 Å². The molecule has 2 rings (SSSR count). The van der Waals surface area contributed by atoms with Gasteiger partial charge < -0.3 is 21.1 Å². The number of hydrogen-bond donors (Lipinski definition) is 2. The third-order valence-electron chi connectivity index (χ3n) is 3.26. The molecule has 1 aliphatic rings. The van der Waals surface area contributed by atoms with Crippen LogP contribution >= 0.6 is 11.6 Å². The van der Waals surface area contributed by atoms with Crippen LogP contribution < -0.4 is 16.4 Å². The molecule has 6 heteroatoms. The number of nitrogens with two attached hydrogens (primary N) is 2. The first kappa shape index (κ1) is 14.0. The Labute approximate surface area is 117 Å². The molecule has 1 aromatic rings. The maximum absolute atomic E-state index is 11.6. The summed E-state index contributed by atoms with van der Waals surface area (Å²) in [7, 11) is 0. The zero-order valence-corrected chi connectivity index (χ0v) is 11.6. The van der Waals surface area contributed by atoms with E-state index >= 15 is 0 Å². The standard InChI is InChI=1S/C13H18ClN3O2/c1-2-9-7-17(3-4-19-9)12-10(13(16)18)5-8(15)6-11(12)14/h5-6,9H,2-4,7,15H2,1H3,(H2,16,18). The second-order valence-electron chi connectivity index (χ2n) is 4.61. The lowest BCUT2D eigenvalue weighted by atomic mass is 10.1. The van der Waals surface area contributed by atoms with E-state index in [0.717, 1.165) is 6.42 Å². The molecule has 1 aromatic carbocycles. The van der Waals surface area contributed by atoms with Crippen LogP contribution in [0, 0.1) is 0 Å². The first-order valence-electron chi connectivity index (χ1n) is 6.28. The Balaban J connectivity index is 2.40. The number of halogens is 1. The third-order valence-corrected chi connectivity index (χ3v) is 3.55. The van der Waals surface area contributed by atoms with Gasteiger partial charge in [-0.3, -0.25) is 4.79 Å². The van der Waals surface area contributed by atoms with Gasteiger partial charge in [0.2, 0.25) is 0 Å². The predicted molar refractivity (Wildman–Crippen MR) is 76.6 cm³/mol. The Morgan fingerprint density at radius 3 is 2.95 bits per heavy atom. The van der Waals surface area contributed by atoms with Gasteiger partial charge in [0.05, 0.1) is 29.0 Å². The number of nitrogen functional groups attached to an aromatic ring is 1. The highest BCUT2D eigenvalue weighted by Gasteiger charge is 2.25. The predicted octanol–water partition coefficient (Wildman–Crippen LogP) is 1.64. The number of primary amides is 1. The van der Waals surface area contributed by atoms with E-state index in [0.29, 0.717) is 41.7 Å². The molecule has 1 heterocycles. The number of carbonyl (C=O) groups excluding carboxylic acids is 1. The number of ether oxygens (including phenoxy) is 1. The second kappa shape index (κ2) is 5.67. The third kappa shape index (κ3) is 2.93. The lowest BCUT2D eigenvalue weighted by Gasteiger charge is -2.35. The number of rotatable bonds is 3. The van der Waals surface area contributed by atoms with Crippen molar-refractivity contribution >= 4 is 28.9 Å². The van der Waals surface area contributed by atoms with Crippen LogP contribution in [-0.4, -0.2) is 31.7 Å². The summed E-state index contributed by atoms with van der Waals surface area (Å²) in [4.78, 5) is 13.6. The number of nitrogens with zero attached hydrogens (tertiary/aromatic N) is 1. The Hall–Kier alpha value is -1.46. The highest BCUT2D eigenvalue weighted by molar-refractivity contribution is 6.34. The number of amides is 1. The number of benzene rings is 1. The quantitative estimate of drug-likeness (QED) is 0.826. The summed E-state index contributed by atoms with van der Waals surface area (Å²) in [6.07, 6.45) is 1.05. The molecule has 0 radical (unpaired) electrons. The van der Waals surface area contributed by atoms with Gasteiger partial charge in [-0.15, -0.1) is 0 Å². The molecular weight excluding hydrogens is 266 g/mol. The molecule has 0 spiro atoms. The summed E-state index contributed by atoms with van der Waals surface area (Å²) in [6.45, 7) is 4.05. The van der Waals surface area contributed by atoms with Crippen LogP contribution in [0.4, 0.5) is 11.4 Å². The van der Waals surface area contributed by atoms with Crippen molar-refractivity contribution in [2.75, 3.05) is 30.3 Å². The maximum atomic E-state index is 11.6. The van der Waals surface area contributed by atoms with E-state index in [2.05, 4.69) is 6.92 Å². The van der Waals surface area contributed by atoms with Gasteiger partial charge in [-0.1, -0.05) is 18.5 Å². The zero-order valence-electron chi connectivity index (χ0n) is 10.9. The van der Waals surface area contributed by atoms with Gasteiger partial charge >= 0.3 is 0 Å². The molecule has 1 unspecified atom stereocenters. The Kier molecular flexibility index (Phi) is 4.17. The molecule has 5 nitrogen and oxygen atoms in total. The van der Waals surface area contributed by atoms with Gasteiger partial charge in [-0.2, -0.15) is 0 Å². The van der Waals surface area contributed by atoms with Crippen molar-refractivity contribution in [2.24, 2.45) is 5.73 Å². The van der Waals surface area contributed by atoms with E-state index in [1.165, 1.54) is 0 Å². The maximum Gasteiger partial charge on any atom is 0.250 e. The molecule has 1 amide bonds. The Bertz CT molecular complexity index is 493. The minimum Gasteiger partial charge on any atom is -0.399 e. The van der Waals surface area contributed by atoms with Crippen LogP contribution in [-0.2, 0) is 4.74 Å². The summed E-state index contributed by atoms with van der Waals surface area (Å²) in [5, 5.41) is 0.450. The molecule has 0 bridgehead atoms. The van der Waals surface area contributed by atoms with Crippen LogP contribution in [0.2, 0.25) is 5.02 Å². The van der Waals surface area contributed by atoms with Crippen molar-refractivity contribution in [3.8, 4) is 0 Å². The molecular formula is C13H18ClN3O2. The van der Waals surface area contributed by atoms with Crippen molar-refractivity contribution in [1.82, 2.24) is 0 Å². The van der Waals surface area contributed by atoms with Gasteiger partial charge in [0, 0.05) is 18.8 Å². The first-order valence-corrected chi connectivity index (χ1v) is 6.66. The van der Waals surface area contributed by atoms with E-state index in [-0.39, 0.29) is 6.10 Å². The number of morpholine rings is 1. The van der Waals surface area contributed by atoms with Crippen LogP contribution in [0.3, 0.4) is 0 Å². The van der Waals surface area contributed by atoms with Crippen LogP contribution in [0.5, 0.6) is 0 Å². The Morgan fingerprint density at radius 2 is 2.32 bits per heavy atom. The normalized spacial score (nSPS) is 19.5. The van der Waals surface area contributed by atoms with Crippen molar-refractivity contribution in [3.63, 3.8) is 0 Å². The summed E-state index contributed by atoms with van der Waals surface area (Å²) in [5.41, 5.74) is 12.6. The van der Waals surface area contributed by atoms with E-state index in [9.17, 15) is 4.79 Å². The van der Waals surface area contributed by atoms with E-state index < -0.39 is 5.91 Å². The lowest BCUT2D eigenvalue weighted by molar-refractivity contribution is 0.0383. The molecule has 0 saturated carbocycles. The summed E-state index contributed by atoms with van der Waals surface area (Å²) in [5.74, 6) is -0.524. The molecule has 0 aromatic heterocycles. The largest absolute Gasteiger partial charge is 0.399 e. The zero-order chi connectivity index (χ0) is 14.0. The molecule has 1 fully saturated rings. The van der Waals surface area contributed by atoms with Crippen molar-refractivity contribution < 1.29 is 9.53 Å². The van der Waals surface area contributed by atoms with Crippen LogP contribution in [0.15, 0.2) is 12.1 Å². The summed E-state index contributed by atoms with van der Waals surface area (Å²) >= 11 is 6.23. The smallest absolute Gasteiger partial charge is 0.250 e. The molecule has 104 valence electrons. The van der Waals surface area contributed by atoms with E-state index in [4.69, 9.17) is 27.8 Å². The van der Waals surface area contributed by atoms with Gasteiger partial charge in [0.15, 0.2) is 0 Å². The minimum absolute atomic E-state index is 0.142. The monoisotopic (exact) mass is 283 g/mol. The lowest BCUT2D eigenvalue weighted by Crippen LogP contribution is -2.43. The molecule has 19 heavy (non-hydrogen) atoms. The van der Waals surface area contributed by atoms with Gasteiger partial charge in [-0.25, -0.2) is 0 Å². The van der Waals surface area contributed by atoms with Gasteiger partial charge in [0.1, 0.15) is 0 Å². The SMILES string of the molecule is CCC1CN(c2c(Cl)cc(N)cc2C(N)=O)CCO1. The highest BCUT2D eigenvalue weighted by atomic mass is 35.5. The average Bonchev–Trinajstić information content (AvgIpc) is 2.37. The van der Waals surface area contributed by atoms with Crippen LogP contribution in [0.25, 0.3) is 0 Å². The fraction of sp³-hybridized carbons (Fsp3) is 0.462. The molecule has 1 saturated heterocycles. The Morgan fingerprint density at radius 1 is 1.58 bits per heavy atom. The highest BCUT2D eigenvalue weighted by Crippen LogP contribution is 2.33. The molecule has 1 aliphatic heterocycles. The first-order chi connectivity index (χ1) is 9.02. The molecule has 1 atom stereocenters. The number of hydrogen-bond acceptors (Lipinski definition) is 4. The molecule has 4 N–H and O–H groups in total. The topological polar surface area (TPSA) is 81.6 Å². The molecule has 0 aliphatic carbocycles. The van der Waals surface area contributed by atoms with Gasteiger partial charge in [-0.05, 0) is 18.6 Å². The van der Waals surface area contributed by atoms with Crippen LogP contribution in [0.1, 0.15) is 23.7 Å². The summed E-state index contributed by atoms with van der Waals surface area (Å²) < 4.78 is 5.62. The second-order valence-corrected chi connectivity index (χ2v) is 5.02.